The van der Waals surface area contributed by atoms with Crippen LogP contribution in [0.15, 0.2) is 5.38 Å². The van der Waals surface area contributed by atoms with Crippen LogP contribution in [0.5, 0.6) is 0 Å². The van der Waals surface area contributed by atoms with Crippen molar-refractivity contribution in [3.63, 3.8) is 0 Å². The van der Waals surface area contributed by atoms with Gasteiger partial charge in [0.05, 0.1) is 6.54 Å². The second-order valence-electron chi connectivity index (χ2n) is 5.52. The van der Waals surface area contributed by atoms with Gasteiger partial charge >= 0.3 is 0 Å². The van der Waals surface area contributed by atoms with E-state index >= 15 is 0 Å². The first-order valence-corrected chi connectivity index (χ1v) is 7.52. The first-order valence-electron chi connectivity index (χ1n) is 6.64. The average Bonchev–Trinajstić information content (AvgIpc) is 2.65. The van der Waals surface area contributed by atoms with Gasteiger partial charge in [0.25, 0.3) is 0 Å². The minimum absolute atomic E-state index is 0.430. The zero-order valence-electron chi connectivity index (χ0n) is 10.4. The van der Waals surface area contributed by atoms with Crippen LogP contribution in [0, 0.1) is 6.92 Å². The number of hydrogen-bond acceptors (Lipinski definition) is 4. The summed E-state index contributed by atoms with van der Waals surface area (Å²) in [5.74, 6) is 0. The van der Waals surface area contributed by atoms with Crippen LogP contribution < -0.4 is 5.73 Å². The molecule has 3 rings (SSSR count). The van der Waals surface area contributed by atoms with Gasteiger partial charge in [-0.05, 0) is 32.6 Å². The summed E-state index contributed by atoms with van der Waals surface area (Å²) in [4.78, 5) is 7.27. The van der Waals surface area contributed by atoms with Crippen LogP contribution in [0.2, 0.25) is 0 Å². The summed E-state index contributed by atoms with van der Waals surface area (Å²) in [5, 5.41) is 3.43. The van der Waals surface area contributed by atoms with Crippen LogP contribution in [0.25, 0.3) is 0 Å². The number of thiazole rings is 1. The Morgan fingerprint density at radius 1 is 1.41 bits per heavy atom. The Morgan fingerprint density at radius 3 is 2.71 bits per heavy atom. The molecule has 2 aliphatic heterocycles. The van der Waals surface area contributed by atoms with Crippen molar-refractivity contribution in [3.05, 3.63) is 16.1 Å². The maximum Gasteiger partial charge on any atom is 0.107 e. The highest BCUT2D eigenvalue weighted by atomic mass is 32.1. The number of nitrogens with two attached hydrogens (primary N) is 1. The molecule has 2 unspecified atom stereocenters. The van der Waals surface area contributed by atoms with E-state index in [1.807, 2.05) is 0 Å². The molecule has 2 atom stereocenters. The molecule has 17 heavy (non-hydrogen) atoms. The first-order chi connectivity index (χ1) is 8.22. The Morgan fingerprint density at radius 2 is 2.12 bits per heavy atom. The molecule has 0 aliphatic carbocycles. The van der Waals surface area contributed by atoms with Crippen molar-refractivity contribution >= 4 is 11.3 Å². The van der Waals surface area contributed by atoms with Gasteiger partial charge in [0.15, 0.2) is 0 Å². The van der Waals surface area contributed by atoms with Crippen LogP contribution in [-0.4, -0.2) is 28.0 Å². The maximum atomic E-state index is 6.15. The van der Waals surface area contributed by atoms with Gasteiger partial charge in [-0.1, -0.05) is 6.42 Å². The third-order valence-corrected chi connectivity index (χ3v) is 5.10. The van der Waals surface area contributed by atoms with E-state index in [1.54, 1.807) is 11.3 Å². The number of aromatic nitrogens is 1. The summed E-state index contributed by atoms with van der Waals surface area (Å²) in [5.41, 5.74) is 7.30. The minimum Gasteiger partial charge on any atom is -0.328 e. The average molecular weight is 251 g/mol. The molecule has 0 radical (unpaired) electrons. The van der Waals surface area contributed by atoms with E-state index in [0.29, 0.717) is 18.1 Å². The van der Waals surface area contributed by atoms with E-state index in [9.17, 15) is 0 Å². The summed E-state index contributed by atoms with van der Waals surface area (Å²) >= 11 is 1.80. The topological polar surface area (TPSA) is 42.1 Å². The molecular formula is C13H21N3S. The zero-order chi connectivity index (χ0) is 11.8. The molecule has 94 valence electrons. The van der Waals surface area contributed by atoms with E-state index in [2.05, 4.69) is 22.2 Å². The lowest BCUT2D eigenvalue weighted by molar-refractivity contribution is 0.0244. The third kappa shape index (κ3) is 2.39. The summed E-state index contributed by atoms with van der Waals surface area (Å²) in [6, 6.07) is 1.85. The molecule has 0 amide bonds. The van der Waals surface area contributed by atoms with E-state index in [-0.39, 0.29) is 0 Å². The van der Waals surface area contributed by atoms with Crippen LogP contribution in [0.1, 0.15) is 42.8 Å². The Balaban J connectivity index is 1.73. The fourth-order valence-electron chi connectivity index (χ4n) is 3.41. The molecule has 1 aromatic heterocycles. The standard InChI is InChI=1S/C13H21N3S/c1-9-8-17-13(15-9)7-16-11-3-2-4-12(16)6-10(14)5-11/h8,10-12H,2-7,14H2,1H3. The first kappa shape index (κ1) is 11.6. The summed E-state index contributed by atoms with van der Waals surface area (Å²) in [7, 11) is 0. The molecule has 2 fully saturated rings. The van der Waals surface area contributed by atoms with Crippen molar-refractivity contribution < 1.29 is 0 Å². The highest BCUT2D eigenvalue weighted by Gasteiger charge is 2.37. The Labute approximate surface area is 107 Å². The van der Waals surface area contributed by atoms with Crippen molar-refractivity contribution in [2.24, 2.45) is 5.73 Å². The highest BCUT2D eigenvalue weighted by molar-refractivity contribution is 7.09. The van der Waals surface area contributed by atoms with Crippen molar-refractivity contribution in [1.29, 1.82) is 0 Å². The number of hydrogen-bond donors (Lipinski definition) is 1. The Bertz CT molecular complexity index is 376. The van der Waals surface area contributed by atoms with Gasteiger partial charge in [-0.2, -0.15) is 0 Å². The molecule has 2 aliphatic rings. The van der Waals surface area contributed by atoms with Crippen LogP contribution in [-0.2, 0) is 6.54 Å². The van der Waals surface area contributed by atoms with Crippen LogP contribution in [0.3, 0.4) is 0 Å². The second kappa shape index (κ2) is 4.67. The summed E-state index contributed by atoms with van der Waals surface area (Å²) in [6.45, 7) is 3.12. The lowest BCUT2D eigenvalue weighted by Crippen LogP contribution is -2.54. The second-order valence-corrected chi connectivity index (χ2v) is 6.47. The Hall–Kier alpha value is -0.450. The smallest absolute Gasteiger partial charge is 0.107 e. The predicted octanol–water partition coefficient (Wildman–Crippen LogP) is 2.30. The summed E-state index contributed by atoms with van der Waals surface area (Å²) < 4.78 is 0. The van der Waals surface area contributed by atoms with Gasteiger partial charge < -0.3 is 5.73 Å². The van der Waals surface area contributed by atoms with Gasteiger partial charge in [-0.15, -0.1) is 11.3 Å². The third-order valence-electron chi connectivity index (χ3n) is 4.15. The highest BCUT2D eigenvalue weighted by Crippen LogP contribution is 2.34. The van der Waals surface area contributed by atoms with Gasteiger partial charge in [0.2, 0.25) is 0 Å². The van der Waals surface area contributed by atoms with Gasteiger partial charge in [0, 0.05) is 29.2 Å². The number of fused-ring (bicyclic) bond motifs is 2. The molecule has 2 bridgehead atoms. The van der Waals surface area contributed by atoms with Crippen molar-refractivity contribution in [2.75, 3.05) is 0 Å². The van der Waals surface area contributed by atoms with Gasteiger partial charge in [0.1, 0.15) is 5.01 Å². The van der Waals surface area contributed by atoms with Crippen LogP contribution >= 0.6 is 11.3 Å². The molecule has 4 heteroatoms. The quantitative estimate of drug-likeness (QED) is 0.877. The molecule has 3 heterocycles. The monoisotopic (exact) mass is 251 g/mol. The molecule has 0 saturated carbocycles. The van der Waals surface area contributed by atoms with E-state index in [1.165, 1.54) is 37.1 Å². The molecule has 2 N–H and O–H groups in total. The number of piperidine rings is 2. The maximum absolute atomic E-state index is 6.15. The normalized spacial score (nSPS) is 33.9. The van der Waals surface area contributed by atoms with E-state index in [0.717, 1.165) is 12.2 Å². The molecule has 0 spiro atoms. The molecule has 1 aromatic rings. The molecular weight excluding hydrogens is 230 g/mol. The Kier molecular flexibility index (Phi) is 3.19. The largest absolute Gasteiger partial charge is 0.328 e. The number of aryl methyl sites for hydroxylation is 1. The minimum atomic E-state index is 0.430. The molecule has 2 saturated heterocycles. The van der Waals surface area contributed by atoms with Gasteiger partial charge in [-0.25, -0.2) is 4.98 Å². The van der Waals surface area contributed by atoms with Crippen molar-refractivity contribution in [3.8, 4) is 0 Å². The lowest BCUT2D eigenvalue weighted by Gasteiger charge is -2.47. The predicted molar refractivity (Wildman–Crippen MR) is 71.0 cm³/mol. The molecule has 3 nitrogen and oxygen atoms in total. The number of nitrogens with zero attached hydrogens (tertiary/aromatic N) is 2. The fourth-order valence-corrected chi connectivity index (χ4v) is 4.19. The lowest BCUT2D eigenvalue weighted by atomic mass is 9.82. The van der Waals surface area contributed by atoms with Crippen LogP contribution in [0.4, 0.5) is 0 Å². The van der Waals surface area contributed by atoms with Gasteiger partial charge in [-0.3, -0.25) is 4.90 Å². The number of rotatable bonds is 2. The van der Waals surface area contributed by atoms with E-state index < -0.39 is 0 Å². The zero-order valence-corrected chi connectivity index (χ0v) is 11.2. The molecule has 0 aromatic carbocycles. The van der Waals surface area contributed by atoms with E-state index in [4.69, 9.17) is 5.73 Å². The summed E-state index contributed by atoms with van der Waals surface area (Å²) in [6.07, 6.45) is 6.40. The fraction of sp³-hybridized carbons (Fsp3) is 0.769. The van der Waals surface area contributed by atoms with Crippen molar-refractivity contribution in [1.82, 2.24) is 9.88 Å². The van der Waals surface area contributed by atoms with Crippen molar-refractivity contribution in [2.45, 2.75) is 63.7 Å². The SMILES string of the molecule is Cc1csc(CN2C3CCCC2CC(N)C3)n1.